The van der Waals surface area contributed by atoms with Gasteiger partial charge < -0.3 is 48.4 Å². The summed E-state index contributed by atoms with van der Waals surface area (Å²) in [6.07, 6.45) is 4.54. The first-order chi connectivity index (χ1) is 49.4. The third-order valence-electron chi connectivity index (χ3n) is 16.0. The monoisotopic (exact) mass is 1660 g/mol. The van der Waals surface area contributed by atoms with Crippen LogP contribution >= 0.6 is 45.8 Å². The molecule has 3 aliphatic heterocycles. The fourth-order valence-corrected chi connectivity index (χ4v) is 14.1. The Labute approximate surface area is 657 Å². The Morgan fingerprint density at radius 1 is 0.774 bits per heavy atom. The first-order valence-electron chi connectivity index (χ1n) is 32.6. The van der Waals surface area contributed by atoms with E-state index in [9.17, 15) is 55.2 Å². The third kappa shape index (κ3) is 20.5. The molecule has 6 heterocycles. The number of fused-ring (bicyclic) bond motifs is 1. The SMILES string of the molecule is CCOC(=O)C1=NN(c2ccc(Cl)cc2Cl)C(C)(C(=O)OCC)C1.CCc1cc(C)cc(CC)c1-c1c(OC(=O)C(C)(C)C)n2n(c1=O)CCOCC2.COC(=O)c1ccc(I)cc1S(=O)(=O)[N-]C(=O)Nc1nc(C)nc(OC)n1.Cc1c(C(=O)c2c[nH]n(C)c2=O)ccc(S(C)(=O)=O)c1C1=NOCC1.[Na+]. The number of hydrazone groups is 1. The smallest absolute Gasteiger partial charge is 0.467 e. The molecule has 3 aliphatic rings. The predicted octanol–water partition coefficient (Wildman–Crippen LogP) is 6.84. The number of hydrogen-bond donors (Lipinski definition) is 2. The van der Waals surface area contributed by atoms with Gasteiger partial charge in [0.25, 0.3) is 11.1 Å². The number of anilines is 2. The number of hydrogen-bond acceptors (Lipinski definition) is 25. The molecule has 0 saturated heterocycles. The van der Waals surface area contributed by atoms with Crippen molar-refractivity contribution in [1.29, 1.82) is 0 Å². The molecule has 3 aromatic heterocycles. The molecular formula is C69H80Cl2IN12NaO19S2. The van der Waals surface area contributed by atoms with E-state index in [1.54, 1.807) is 55.3 Å². The second-order valence-corrected chi connectivity index (χ2v) is 30.3. The van der Waals surface area contributed by atoms with Gasteiger partial charge in [-0.25, -0.2) is 50.6 Å². The summed E-state index contributed by atoms with van der Waals surface area (Å²) in [6, 6.07) is 14.6. The number of ketones is 1. The van der Waals surface area contributed by atoms with Gasteiger partial charge in [0.05, 0.1) is 90.9 Å². The van der Waals surface area contributed by atoms with Gasteiger partial charge in [0, 0.05) is 52.1 Å². The van der Waals surface area contributed by atoms with Crippen LogP contribution in [0, 0.1) is 29.8 Å². The van der Waals surface area contributed by atoms with Gasteiger partial charge in [0.15, 0.2) is 33.1 Å². The van der Waals surface area contributed by atoms with E-state index in [2.05, 4.69) is 78.0 Å². The summed E-state index contributed by atoms with van der Waals surface area (Å²) >= 11 is 14.0. The van der Waals surface area contributed by atoms with E-state index in [-0.39, 0.29) is 106 Å². The summed E-state index contributed by atoms with van der Waals surface area (Å²) in [7, 11) is -4.10. The van der Waals surface area contributed by atoms with Crippen molar-refractivity contribution in [3.05, 3.63) is 156 Å². The number of sulfonamides is 1. The zero-order chi connectivity index (χ0) is 77.8. The van der Waals surface area contributed by atoms with Crippen LogP contribution in [0.5, 0.6) is 11.9 Å². The van der Waals surface area contributed by atoms with E-state index in [1.165, 1.54) is 72.9 Å². The molecule has 0 bridgehead atoms. The van der Waals surface area contributed by atoms with Crippen molar-refractivity contribution in [2.24, 2.45) is 22.7 Å². The van der Waals surface area contributed by atoms with E-state index < -0.39 is 71.0 Å². The molecule has 1 atom stereocenters. The van der Waals surface area contributed by atoms with Gasteiger partial charge in [0.2, 0.25) is 15.9 Å². The van der Waals surface area contributed by atoms with Crippen molar-refractivity contribution in [3.63, 3.8) is 0 Å². The molecule has 31 nitrogen and oxygen atoms in total. The predicted molar refractivity (Wildman–Crippen MR) is 398 cm³/mol. The molecule has 1 unspecified atom stereocenters. The van der Waals surface area contributed by atoms with E-state index in [0.717, 1.165) is 42.9 Å². The Balaban J connectivity index is 0.000000221. The van der Waals surface area contributed by atoms with Crippen molar-refractivity contribution in [1.82, 2.24) is 34.1 Å². The number of aromatic nitrogens is 7. The number of esters is 4. The number of sulfone groups is 1. The number of nitrogens with one attached hydrogen (secondary N) is 2. The zero-order valence-corrected chi connectivity index (χ0v) is 68.6. The summed E-state index contributed by atoms with van der Waals surface area (Å²) in [5.41, 5.74) is 4.26. The van der Waals surface area contributed by atoms with E-state index in [0.29, 0.717) is 86.9 Å². The second-order valence-electron chi connectivity index (χ2n) is 24.7. The second kappa shape index (κ2) is 37.0. The van der Waals surface area contributed by atoms with Crippen LogP contribution < -0.4 is 60.5 Å². The van der Waals surface area contributed by atoms with E-state index in [4.69, 9.17) is 51.7 Å². The molecule has 0 saturated carbocycles. The summed E-state index contributed by atoms with van der Waals surface area (Å²) in [4.78, 5) is 116. The molecule has 0 spiro atoms. The number of amides is 2. The van der Waals surface area contributed by atoms with Crippen LogP contribution in [-0.4, -0.2) is 157 Å². The number of H-pyrrole nitrogens is 1. The maximum atomic E-state index is 13.5. The van der Waals surface area contributed by atoms with E-state index in [1.807, 2.05) is 43.4 Å². The molecule has 564 valence electrons. The van der Waals surface area contributed by atoms with Gasteiger partial charge in [-0.05, 0) is 169 Å². The number of nitrogens with zero attached hydrogens (tertiary/aromatic N) is 10. The topological polar surface area (TPSA) is 393 Å². The molecular weight excluding hydrogens is 1590 g/mol. The maximum Gasteiger partial charge on any atom is 1.00 e. The van der Waals surface area contributed by atoms with Crippen molar-refractivity contribution in [2.75, 3.05) is 63.8 Å². The van der Waals surface area contributed by atoms with Crippen LogP contribution in [0.4, 0.5) is 16.4 Å². The molecule has 0 aliphatic carbocycles. The van der Waals surface area contributed by atoms with Gasteiger partial charge >= 0.3 is 59.4 Å². The van der Waals surface area contributed by atoms with Crippen molar-refractivity contribution < 1.29 is 108 Å². The fraction of sp³-hybridized carbons (Fsp3) is 0.406. The number of benzene rings is 4. The van der Waals surface area contributed by atoms with Gasteiger partial charge in [-0.3, -0.25) is 28.7 Å². The zero-order valence-electron chi connectivity index (χ0n) is 61.3. The van der Waals surface area contributed by atoms with Gasteiger partial charge in [-0.2, -0.15) is 15.1 Å². The molecule has 0 fully saturated rings. The minimum Gasteiger partial charge on any atom is -0.467 e. The van der Waals surface area contributed by atoms with Gasteiger partial charge in [-0.1, -0.05) is 59.9 Å². The average molecular weight is 1670 g/mol. The van der Waals surface area contributed by atoms with Crippen LogP contribution in [0.3, 0.4) is 0 Å². The molecule has 2 N–H and O–H groups in total. The standard InChI is InChI=1S/C23H32N2O4.C16H18Cl2N2O4.C16H17N3O5S.C14H14IN5O6S.Na/c1-7-16-13-15(3)14-17(8-2)18(16)19-20(26)24-9-11-28-12-10-25(24)21(19)29-22(27)23(4,5)6;1-4-23-14(21)12-9-16(3,15(22)24-5-2)20(19-12)13-7-6-10(17)8-11(13)18;1-9-10(15(20)11-8-17-19(2)16(11)21)4-5-13(25(3,22)23)14(9)12-6-7-24-18-12;1-7-16-12(19-14(17-7)26-3)18-13(22)20-27(23,24)10-6-8(15)4-5-9(10)11(21)25-2;/h13-14H,7-12H2,1-6H3;6-8H,4-5,9H2,1-3H3;4-5,8,17H,6-7H2,1-3H3;4-6H,1-3H3,(H2,16,17,18,19,20,22);/q;;;;+1/p-1. The molecule has 0 radical (unpaired) electrons. The summed E-state index contributed by atoms with van der Waals surface area (Å²) < 4.78 is 88.6. The number of rotatable bonds is 18. The number of carbonyl (C=O) groups is 6. The number of halogens is 3. The Morgan fingerprint density at radius 2 is 1.42 bits per heavy atom. The van der Waals surface area contributed by atoms with Crippen molar-refractivity contribution in [3.8, 4) is 23.0 Å². The minimum absolute atomic E-state index is 0. The van der Waals surface area contributed by atoms with Crippen molar-refractivity contribution in [2.45, 2.75) is 130 Å². The van der Waals surface area contributed by atoms with Gasteiger partial charge in [-0.15, -0.1) is 0 Å². The summed E-state index contributed by atoms with van der Waals surface area (Å²) in [5.74, 6) is -2.43. The number of aromatic amines is 1. The number of carbonyl (C=O) groups excluding carboxylic acids is 6. The van der Waals surface area contributed by atoms with Crippen LogP contribution in [-0.2, 0) is 91.0 Å². The number of methoxy groups -OCH3 is 2. The number of aryl methyl sites for hydroxylation is 5. The van der Waals surface area contributed by atoms with Crippen LogP contribution in [0.25, 0.3) is 15.8 Å². The van der Waals surface area contributed by atoms with Crippen LogP contribution in [0.1, 0.15) is 128 Å². The molecule has 37 heteroatoms. The van der Waals surface area contributed by atoms with E-state index >= 15 is 0 Å². The van der Waals surface area contributed by atoms with Gasteiger partial charge in [0.1, 0.15) is 29.3 Å². The molecule has 4 aromatic carbocycles. The normalized spacial score (nSPS) is 14.6. The largest absolute Gasteiger partial charge is 1.00 e. The van der Waals surface area contributed by atoms with Crippen LogP contribution in [0.15, 0.2) is 96.5 Å². The van der Waals surface area contributed by atoms with Crippen molar-refractivity contribution >= 4 is 124 Å². The number of oxime groups is 1. The quantitative estimate of drug-likeness (QED) is 0.0292. The Bertz CT molecular complexity index is 4930. The summed E-state index contributed by atoms with van der Waals surface area (Å²) in [5, 5.41) is 15.1. The minimum atomic E-state index is -4.51. The Morgan fingerprint density at radius 3 is 1.97 bits per heavy atom. The Hall–Kier alpha value is -8.36. The maximum absolute atomic E-state index is 13.5. The first-order valence-corrected chi connectivity index (χ1v) is 37.7. The van der Waals surface area contributed by atoms with Crippen LogP contribution in [0.2, 0.25) is 10.0 Å². The average Bonchev–Trinajstić information content (AvgIpc) is 1.58. The number of ether oxygens (including phenoxy) is 6. The molecule has 106 heavy (non-hydrogen) atoms. The third-order valence-corrected chi connectivity index (χ3v) is 19.7. The molecule has 2 amide bonds. The summed E-state index contributed by atoms with van der Waals surface area (Å²) in [6.45, 7) is 22.6. The molecule has 7 aromatic rings. The Kier molecular flexibility index (Phi) is 30.2. The first kappa shape index (κ1) is 86.6. The fourth-order valence-electron chi connectivity index (χ4n) is 10.9. The number of urea groups is 1. The molecule has 10 rings (SSSR count).